The van der Waals surface area contributed by atoms with Gasteiger partial charge in [0.2, 0.25) is 0 Å². The zero-order valence-corrected chi connectivity index (χ0v) is 14.1. The summed E-state index contributed by atoms with van der Waals surface area (Å²) in [7, 11) is 0. The van der Waals surface area contributed by atoms with E-state index in [2.05, 4.69) is 0 Å². The molecule has 1 aromatic rings. The van der Waals surface area contributed by atoms with Gasteiger partial charge in [-0.15, -0.1) is 12.4 Å². The SMILES string of the molecule is Cl.O=C(O)c1ccccc1.[Ba+2].[H-].[H-].[H-].[Na+]. The Kier molecular flexibility index (Phi) is 17.0. The zero-order chi connectivity index (χ0) is 6.69. The summed E-state index contributed by atoms with van der Waals surface area (Å²) in [6.45, 7) is 0. The third-order valence-corrected chi connectivity index (χ3v) is 1.02. The molecule has 2 nitrogen and oxygen atoms in total. The minimum absolute atomic E-state index is 0. The molecule has 12 heavy (non-hydrogen) atoms. The third-order valence-electron chi connectivity index (χ3n) is 1.02. The second-order valence-electron chi connectivity index (χ2n) is 1.67. The molecule has 0 spiro atoms. The molecule has 0 heterocycles. The summed E-state index contributed by atoms with van der Waals surface area (Å²) in [5.41, 5.74) is 0.331. The number of carbonyl (C=O) groups is 1. The number of aromatic carboxylic acids is 1. The molecule has 1 aromatic carbocycles. The standard InChI is InChI=1S/C7H6O2.Ba.ClH.Na.3H/c8-7(9)6-4-2-1-3-5-6;;;;;;/h1-5H,(H,8,9);;1H;;;;/q;+2;;+1;3*-1. The van der Waals surface area contributed by atoms with Crippen molar-refractivity contribution in [2.75, 3.05) is 0 Å². The van der Waals surface area contributed by atoms with Gasteiger partial charge in [-0.1, -0.05) is 18.2 Å². The molecule has 5 heteroatoms. The van der Waals surface area contributed by atoms with Crippen molar-refractivity contribution in [3.8, 4) is 0 Å². The fraction of sp³-hybridized carbons (Fsp3) is 0. The fourth-order valence-corrected chi connectivity index (χ4v) is 0.581. The van der Waals surface area contributed by atoms with Crippen LogP contribution in [-0.4, -0.2) is 60.0 Å². The van der Waals surface area contributed by atoms with Crippen LogP contribution in [0.15, 0.2) is 30.3 Å². The summed E-state index contributed by atoms with van der Waals surface area (Å²) in [4.78, 5) is 10.2. The number of benzene rings is 1. The molecule has 0 aliphatic heterocycles. The molecule has 0 bridgehead atoms. The van der Waals surface area contributed by atoms with Crippen LogP contribution in [0, 0.1) is 0 Å². The van der Waals surface area contributed by atoms with Crippen LogP contribution in [0.2, 0.25) is 0 Å². The normalized spacial score (nSPS) is 6.67. The number of halogens is 1. The van der Waals surface area contributed by atoms with Gasteiger partial charge in [-0.05, 0) is 12.1 Å². The predicted molar refractivity (Wildman–Crippen MR) is 49.7 cm³/mol. The van der Waals surface area contributed by atoms with E-state index in [4.69, 9.17) is 5.11 Å². The van der Waals surface area contributed by atoms with E-state index in [-0.39, 0.29) is 95.1 Å². The Hall–Kier alpha value is 1.55. The molecule has 0 amide bonds. The van der Waals surface area contributed by atoms with Crippen LogP contribution in [0.5, 0.6) is 0 Å². The largest absolute Gasteiger partial charge is 2.00 e. The molecule has 0 radical (unpaired) electrons. The molecular formula is C7H10BaClNaO2. The Morgan fingerprint density at radius 1 is 1.25 bits per heavy atom. The molecule has 1 N–H and O–H groups in total. The van der Waals surface area contributed by atoms with Crippen LogP contribution in [0.25, 0.3) is 0 Å². The average molecular weight is 322 g/mol. The van der Waals surface area contributed by atoms with Crippen molar-refractivity contribution in [2.45, 2.75) is 0 Å². The first-order chi connectivity index (χ1) is 4.30. The number of hydrogen-bond acceptors (Lipinski definition) is 1. The van der Waals surface area contributed by atoms with Crippen molar-refractivity contribution in [1.82, 2.24) is 0 Å². The van der Waals surface area contributed by atoms with Gasteiger partial charge in [-0.2, -0.15) is 0 Å². The van der Waals surface area contributed by atoms with Crippen molar-refractivity contribution in [2.24, 2.45) is 0 Å². The summed E-state index contributed by atoms with van der Waals surface area (Å²) in [5.74, 6) is -0.879. The summed E-state index contributed by atoms with van der Waals surface area (Å²) in [6, 6.07) is 8.30. The van der Waals surface area contributed by atoms with E-state index in [9.17, 15) is 4.79 Å². The van der Waals surface area contributed by atoms with E-state index in [1.807, 2.05) is 0 Å². The Morgan fingerprint density at radius 2 is 1.67 bits per heavy atom. The van der Waals surface area contributed by atoms with Crippen LogP contribution < -0.4 is 29.6 Å². The maximum atomic E-state index is 10.2. The third kappa shape index (κ3) is 7.00. The molecule has 0 aromatic heterocycles. The fourth-order valence-electron chi connectivity index (χ4n) is 0.581. The van der Waals surface area contributed by atoms with E-state index < -0.39 is 5.97 Å². The second kappa shape index (κ2) is 10.6. The minimum Gasteiger partial charge on any atom is -1.00 e. The van der Waals surface area contributed by atoms with E-state index >= 15 is 0 Å². The van der Waals surface area contributed by atoms with E-state index in [0.29, 0.717) is 5.56 Å². The summed E-state index contributed by atoms with van der Waals surface area (Å²) < 4.78 is 0. The smallest absolute Gasteiger partial charge is 1.00 e. The first-order valence-corrected chi connectivity index (χ1v) is 2.59. The summed E-state index contributed by atoms with van der Waals surface area (Å²) in [5, 5.41) is 8.38. The molecule has 60 valence electrons. The van der Waals surface area contributed by atoms with Gasteiger partial charge in [0.15, 0.2) is 0 Å². The first kappa shape index (κ1) is 19.2. The molecular weight excluding hydrogens is 312 g/mol. The minimum atomic E-state index is -0.879. The molecule has 0 fully saturated rings. The number of hydrogen-bond donors (Lipinski definition) is 1. The van der Waals surface area contributed by atoms with E-state index in [0.717, 1.165) is 0 Å². The van der Waals surface area contributed by atoms with Gasteiger partial charge in [0.25, 0.3) is 0 Å². The van der Waals surface area contributed by atoms with Gasteiger partial charge in [-0.25, -0.2) is 4.79 Å². The molecule has 0 aliphatic rings. The van der Waals surface area contributed by atoms with Crippen LogP contribution in [0.1, 0.15) is 14.6 Å². The van der Waals surface area contributed by atoms with E-state index in [1.54, 1.807) is 30.3 Å². The maximum absolute atomic E-state index is 10.2. The monoisotopic (exact) mass is 322 g/mol. The zero-order valence-electron chi connectivity index (χ0n) is 9.86. The second-order valence-corrected chi connectivity index (χ2v) is 1.67. The number of carboxylic acids is 1. The van der Waals surface area contributed by atoms with Crippen molar-refractivity contribution >= 4 is 67.3 Å². The van der Waals surface area contributed by atoms with Gasteiger partial charge in [0.1, 0.15) is 0 Å². The predicted octanol–water partition coefficient (Wildman–Crippen LogP) is -1.23. The Bertz CT molecular complexity index is 229. The van der Waals surface area contributed by atoms with Gasteiger partial charge in [0.05, 0.1) is 5.56 Å². The maximum Gasteiger partial charge on any atom is 2.00 e. The van der Waals surface area contributed by atoms with Crippen molar-refractivity contribution in [3.63, 3.8) is 0 Å². The number of carboxylic acid groups (broad SMARTS) is 1. The number of rotatable bonds is 1. The molecule has 0 saturated carbocycles. The molecule has 0 aliphatic carbocycles. The van der Waals surface area contributed by atoms with Gasteiger partial charge < -0.3 is 9.39 Å². The van der Waals surface area contributed by atoms with Gasteiger partial charge in [-0.3, -0.25) is 0 Å². The van der Waals surface area contributed by atoms with Crippen LogP contribution in [-0.2, 0) is 0 Å². The van der Waals surface area contributed by atoms with E-state index in [1.165, 1.54) is 0 Å². The Morgan fingerprint density at radius 3 is 1.92 bits per heavy atom. The first-order valence-electron chi connectivity index (χ1n) is 2.59. The Labute approximate surface area is 144 Å². The van der Waals surface area contributed by atoms with Crippen LogP contribution in [0.3, 0.4) is 0 Å². The molecule has 0 atom stereocenters. The average Bonchev–Trinajstić information content (AvgIpc) is 1.90. The summed E-state index contributed by atoms with van der Waals surface area (Å²) >= 11 is 0. The molecule has 0 unspecified atom stereocenters. The van der Waals surface area contributed by atoms with Crippen molar-refractivity contribution < 1.29 is 43.7 Å². The Balaban J connectivity index is -0.0000000337. The van der Waals surface area contributed by atoms with Crippen LogP contribution >= 0.6 is 12.4 Å². The summed E-state index contributed by atoms with van der Waals surface area (Å²) in [6.07, 6.45) is 0. The quantitative estimate of drug-likeness (QED) is 0.658. The topological polar surface area (TPSA) is 37.3 Å². The molecule has 0 saturated heterocycles. The van der Waals surface area contributed by atoms with Gasteiger partial charge >= 0.3 is 84.4 Å². The van der Waals surface area contributed by atoms with Crippen molar-refractivity contribution in [1.29, 1.82) is 0 Å². The molecule has 1 rings (SSSR count). The van der Waals surface area contributed by atoms with Crippen LogP contribution in [0.4, 0.5) is 0 Å². The van der Waals surface area contributed by atoms with Gasteiger partial charge in [0, 0.05) is 0 Å². The van der Waals surface area contributed by atoms with Crippen molar-refractivity contribution in [3.05, 3.63) is 35.9 Å².